The van der Waals surface area contributed by atoms with Crippen LogP contribution in [0.3, 0.4) is 0 Å². The highest BCUT2D eigenvalue weighted by Gasteiger charge is 2.30. The maximum atomic E-state index is 13.6. The molecule has 4 amide bonds. The van der Waals surface area contributed by atoms with E-state index in [1.165, 1.54) is 16.8 Å². The number of carbonyl (C=O) groups is 3. The average Bonchev–Trinajstić information content (AvgIpc) is 3.08. The van der Waals surface area contributed by atoms with Crippen LogP contribution in [-0.2, 0) is 22.7 Å². The van der Waals surface area contributed by atoms with Gasteiger partial charge in [0, 0.05) is 19.3 Å². The molecule has 0 fully saturated rings. The number of urea groups is 1. The van der Waals surface area contributed by atoms with Crippen LogP contribution in [0.4, 0.5) is 10.5 Å². The lowest BCUT2D eigenvalue weighted by Gasteiger charge is -2.23. The van der Waals surface area contributed by atoms with Crippen LogP contribution in [0, 0.1) is 0 Å². The zero-order valence-electron chi connectivity index (χ0n) is 21.0. The van der Waals surface area contributed by atoms with Crippen molar-refractivity contribution in [3.05, 3.63) is 94.5 Å². The zero-order valence-corrected chi connectivity index (χ0v) is 21.7. The minimum atomic E-state index is -0.408. The van der Waals surface area contributed by atoms with Gasteiger partial charge in [0.25, 0.3) is 5.91 Å². The fraction of sp³-hybridized carbons (Fsp3) is 0.250. The fourth-order valence-corrected chi connectivity index (χ4v) is 4.24. The van der Waals surface area contributed by atoms with E-state index in [0.717, 1.165) is 11.1 Å². The second-order valence-electron chi connectivity index (χ2n) is 8.55. The summed E-state index contributed by atoms with van der Waals surface area (Å²) in [6.45, 7) is 1.27. The summed E-state index contributed by atoms with van der Waals surface area (Å²) in [6, 6.07) is 21.6. The minimum absolute atomic E-state index is 0.0106. The van der Waals surface area contributed by atoms with Crippen molar-refractivity contribution in [3.63, 3.8) is 0 Å². The first-order valence-corrected chi connectivity index (χ1v) is 12.5. The summed E-state index contributed by atoms with van der Waals surface area (Å²) in [4.78, 5) is 41.1. The van der Waals surface area contributed by atoms with E-state index in [1.54, 1.807) is 30.3 Å². The first-order valence-electron chi connectivity index (χ1n) is 12.1. The van der Waals surface area contributed by atoms with Gasteiger partial charge in [-0.2, -0.15) is 0 Å². The van der Waals surface area contributed by atoms with E-state index < -0.39 is 11.9 Å². The van der Waals surface area contributed by atoms with Gasteiger partial charge in [0.2, 0.25) is 5.91 Å². The third-order valence-corrected chi connectivity index (χ3v) is 6.28. The van der Waals surface area contributed by atoms with Gasteiger partial charge in [-0.3, -0.25) is 14.5 Å². The maximum Gasteiger partial charge on any atom is 0.315 e. The van der Waals surface area contributed by atoms with Crippen LogP contribution in [0.5, 0.6) is 5.75 Å². The van der Waals surface area contributed by atoms with Gasteiger partial charge in [-0.15, -0.1) is 0 Å². The van der Waals surface area contributed by atoms with E-state index in [4.69, 9.17) is 21.1 Å². The second-order valence-corrected chi connectivity index (χ2v) is 8.96. The van der Waals surface area contributed by atoms with Crippen LogP contribution in [-0.4, -0.2) is 56.2 Å². The van der Waals surface area contributed by atoms with Crippen molar-refractivity contribution in [2.45, 2.75) is 13.2 Å². The minimum Gasteiger partial charge on any atom is -0.491 e. The molecular weight excluding hydrogens is 508 g/mol. The van der Waals surface area contributed by atoms with Gasteiger partial charge in [0.1, 0.15) is 18.9 Å². The van der Waals surface area contributed by atoms with Gasteiger partial charge in [-0.1, -0.05) is 60.1 Å². The van der Waals surface area contributed by atoms with Gasteiger partial charge in [0.15, 0.2) is 0 Å². The lowest BCUT2D eigenvalue weighted by Crippen LogP contribution is -2.46. The number of halogens is 1. The molecule has 0 radical (unpaired) electrons. The van der Waals surface area contributed by atoms with Crippen molar-refractivity contribution in [3.8, 4) is 5.75 Å². The predicted molar refractivity (Wildman–Crippen MR) is 144 cm³/mol. The summed E-state index contributed by atoms with van der Waals surface area (Å²) in [5, 5.41) is 5.29. The molecule has 0 unspecified atom stereocenters. The molecule has 0 spiro atoms. The largest absolute Gasteiger partial charge is 0.491 e. The Kier molecular flexibility index (Phi) is 9.18. The quantitative estimate of drug-likeness (QED) is 0.405. The molecule has 0 saturated heterocycles. The van der Waals surface area contributed by atoms with E-state index in [2.05, 4.69) is 10.6 Å². The predicted octanol–water partition coefficient (Wildman–Crippen LogP) is 3.81. The number of benzene rings is 3. The molecule has 3 aromatic rings. The van der Waals surface area contributed by atoms with Crippen molar-refractivity contribution in [1.29, 1.82) is 0 Å². The highest BCUT2D eigenvalue weighted by molar-refractivity contribution is 6.34. The van der Waals surface area contributed by atoms with Crippen molar-refractivity contribution in [2.75, 3.05) is 38.4 Å². The van der Waals surface area contributed by atoms with E-state index >= 15 is 0 Å². The average molecular weight is 537 g/mol. The molecule has 2 N–H and O–H groups in total. The molecule has 9 nitrogen and oxygen atoms in total. The number of carbonyl (C=O) groups excluding carboxylic acids is 3. The molecule has 198 valence electrons. The van der Waals surface area contributed by atoms with E-state index in [9.17, 15) is 14.4 Å². The Hall–Kier alpha value is -4.08. The number of ether oxygens (including phenoxy) is 2. The fourth-order valence-electron chi connectivity index (χ4n) is 3.99. The third kappa shape index (κ3) is 6.81. The lowest BCUT2D eigenvalue weighted by atomic mass is 10.1. The smallest absolute Gasteiger partial charge is 0.315 e. The number of fused-ring (bicyclic) bond motifs is 1. The van der Waals surface area contributed by atoms with Crippen LogP contribution in [0.25, 0.3) is 0 Å². The summed E-state index contributed by atoms with van der Waals surface area (Å²) in [6.07, 6.45) is 0. The standard InChI is InChI=1S/C28H29ClN4O5/c1-30-28(36)31-19-32-16-21-9-5-6-10-25(21)33(17-26(32)34)27(35)23-12-11-22(15-24(23)29)38-14-13-37-18-20-7-3-2-4-8-20/h2-12,15H,13-14,16-19H2,1H3,(H2,30,31,36). The Labute approximate surface area is 226 Å². The number of para-hydroxylation sites is 1. The van der Waals surface area contributed by atoms with Crippen LogP contribution >= 0.6 is 11.6 Å². The molecular formula is C28H29ClN4O5. The number of nitrogens with one attached hydrogen (secondary N) is 2. The molecule has 3 aromatic carbocycles. The van der Waals surface area contributed by atoms with Crippen molar-refractivity contribution in [1.82, 2.24) is 15.5 Å². The van der Waals surface area contributed by atoms with Crippen LogP contribution < -0.4 is 20.3 Å². The SMILES string of the molecule is CNC(=O)NCN1Cc2ccccc2N(C(=O)c2ccc(OCCOCc3ccccc3)cc2Cl)CC1=O. The molecule has 0 aliphatic carbocycles. The van der Waals surface area contributed by atoms with Crippen molar-refractivity contribution in [2.24, 2.45) is 0 Å². The van der Waals surface area contributed by atoms with E-state index in [1.807, 2.05) is 42.5 Å². The molecule has 1 aliphatic heterocycles. The molecule has 38 heavy (non-hydrogen) atoms. The highest BCUT2D eigenvalue weighted by atomic mass is 35.5. The maximum absolute atomic E-state index is 13.6. The highest BCUT2D eigenvalue weighted by Crippen LogP contribution is 2.30. The molecule has 1 heterocycles. The second kappa shape index (κ2) is 12.9. The molecule has 4 rings (SSSR count). The Morgan fingerprint density at radius 2 is 1.74 bits per heavy atom. The Bertz CT molecular complexity index is 1290. The Morgan fingerprint density at radius 3 is 2.50 bits per heavy atom. The molecule has 0 atom stereocenters. The van der Waals surface area contributed by atoms with E-state index in [-0.39, 0.29) is 36.3 Å². The summed E-state index contributed by atoms with van der Waals surface area (Å²) in [7, 11) is 1.50. The summed E-state index contributed by atoms with van der Waals surface area (Å²) >= 11 is 6.49. The normalized spacial score (nSPS) is 12.9. The molecule has 0 aromatic heterocycles. The first kappa shape index (κ1) is 27.0. The van der Waals surface area contributed by atoms with Crippen LogP contribution in [0.15, 0.2) is 72.8 Å². The molecule has 1 aliphatic rings. The number of amides is 4. The third-order valence-electron chi connectivity index (χ3n) is 5.97. The molecule has 0 saturated carbocycles. The van der Waals surface area contributed by atoms with Gasteiger partial charge in [-0.25, -0.2) is 4.79 Å². The van der Waals surface area contributed by atoms with Gasteiger partial charge in [-0.05, 0) is 35.4 Å². The summed E-state index contributed by atoms with van der Waals surface area (Å²) in [5.74, 6) is -0.208. The van der Waals surface area contributed by atoms with Crippen LogP contribution in [0.2, 0.25) is 5.02 Å². The number of nitrogens with zero attached hydrogens (tertiary/aromatic N) is 2. The van der Waals surface area contributed by atoms with Gasteiger partial charge in [0.05, 0.1) is 30.5 Å². The number of hydrogen-bond acceptors (Lipinski definition) is 5. The van der Waals surface area contributed by atoms with Gasteiger partial charge >= 0.3 is 6.03 Å². The molecule has 10 heteroatoms. The summed E-state index contributed by atoms with van der Waals surface area (Å²) < 4.78 is 11.4. The van der Waals surface area contributed by atoms with Crippen LogP contribution in [0.1, 0.15) is 21.5 Å². The number of rotatable bonds is 9. The number of hydrogen-bond donors (Lipinski definition) is 2. The van der Waals surface area contributed by atoms with Gasteiger partial charge < -0.3 is 25.0 Å². The lowest BCUT2D eigenvalue weighted by molar-refractivity contribution is -0.130. The topological polar surface area (TPSA) is 100 Å². The Balaban J connectivity index is 1.41. The van der Waals surface area contributed by atoms with Crippen molar-refractivity contribution >= 4 is 35.1 Å². The Morgan fingerprint density at radius 1 is 0.974 bits per heavy atom. The zero-order chi connectivity index (χ0) is 26.9. The first-order chi connectivity index (χ1) is 18.5. The van der Waals surface area contributed by atoms with Crippen molar-refractivity contribution < 1.29 is 23.9 Å². The monoisotopic (exact) mass is 536 g/mol. The summed E-state index contributed by atoms with van der Waals surface area (Å²) in [5.41, 5.74) is 2.72. The van der Waals surface area contributed by atoms with E-state index in [0.29, 0.717) is 31.3 Å². The molecule has 0 bridgehead atoms. The number of anilines is 1.